The van der Waals surface area contributed by atoms with Gasteiger partial charge in [0.05, 0.1) is 16.3 Å². The summed E-state index contributed by atoms with van der Waals surface area (Å²) in [4.78, 5) is 28.1. The molecule has 3 rings (SSSR count). The molecule has 26 heavy (non-hydrogen) atoms. The van der Waals surface area contributed by atoms with Crippen molar-refractivity contribution in [1.29, 1.82) is 0 Å². The van der Waals surface area contributed by atoms with E-state index in [2.05, 4.69) is 10.3 Å². The first-order valence-electron chi connectivity index (χ1n) is 8.61. The molecule has 1 atom stereocenters. The lowest BCUT2D eigenvalue weighted by atomic mass is 10.2. The van der Waals surface area contributed by atoms with Crippen LogP contribution < -0.4 is 10.1 Å². The Morgan fingerprint density at radius 2 is 2.04 bits per heavy atom. The first kappa shape index (κ1) is 18.4. The number of nitrogens with one attached hydrogen (secondary N) is 1. The molecule has 0 spiro atoms. The van der Waals surface area contributed by atoms with Gasteiger partial charge in [-0.05, 0) is 56.9 Å². The Morgan fingerprint density at radius 1 is 1.31 bits per heavy atom. The number of amides is 1. The Bertz CT molecular complexity index is 768. The number of rotatable bonds is 8. The highest BCUT2D eigenvalue weighted by atomic mass is 32.1. The molecule has 1 aromatic carbocycles. The van der Waals surface area contributed by atoms with Gasteiger partial charge in [0, 0.05) is 11.4 Å². The number of carbonyl (C=O) groups excluding carboxylic acids is 2. The van der Waals surface area contributed by atoms with Crippen molar-refractivity contribution in [2.75, 3.05) is 6.61 Å². The van der Waals surface area contributed by atoms with Gasteiger partial charge in [-0.2, -0.15) is 0 Å². The number of aromatic nitrogens is 1. The summed E-state index contributed by atoms with van der Waals surface area (Å²) in [5.41, 5.74) is 1.26. The minimum Gasteiger partial charge on any atom is -0.487 e. The molecule has 1 aromatic heterocycles. The third kappa shape index (κ3) is 5.29. The number of hydrogen-bond donors (Lipinski definition) is 1. The molecular weight excluding hydrogens is 352 g/mol. The van der Waals surface area contributed by atoms with Crippen LogP contribution in [0.3, 0.4) is 0 Å². The normalized spacial score (nSPS) is 14.5. The molecule has 0 saturated heterocycles. The van der Waals surface area contributed by atoms with E-state index in [0.717, 1.165) is 23.5 Å². The van der Waals surface area contributed by atoms with Crippen LogP contribution in [0.1, 0.15) is 40.8 Å². The molecule has 2 aromatic rings. The number of aryl methyl sites for hydroxylation is 1. The highest BCUT2D eigenvalue weighted by molar-refractivity contribution is 7.09. The van der Waals surface area contributed by atoms with E-state index in [4.69, 9.17) is 9.47 Å². The maximum Gasteiger partial charge on any atom is 0.338 e. The van der Waals surface area contributed by atoms with Gasteiger partial charge in [-0.3, -0.25) is 4.79 Å². The molecule has 7 heteroatoms. The van der Waals surface area contributed by atoms with Gasteiger partial charge in [0.15, 0.2) is 6.61 Å². The molecule has 1 aliphatic carbocycles. The summed E-state index contributed by atoms with van der Waals surface area (Å²) in [6.07, 6.45) is 2.30. The van der Waals surface area contributed by atoms with Crippen LogP contribution in [0.4, 0.5) is 0 Å². The van der Waals surface area contributed by atoms with Crippen molar-refractivity contribution in [2.45, 2.75) is 39.3 Å². The molecule has 1 fully saturated rings. The second-order valence-electron chi connectivity index (χ2n) is 6.44. The summed E-state index contributed by atoms with van der Waals surface area (Å²) < 4.78 is 10.7. The number of hydrogen-bond acceptors (Lipinski definition) is 6. The SMILES string of the molecule is Cc1nc(COc2ccc(C(=O)OCC(=O)N[C@H](C)C3CC3)cc2)cs1. The highest BCUT2D eigenvalue weighted by Crippen LogP contribution is 2.32. The fourth-order valence-corrected chi connectivity index (χ4v) is 3.14. The number of benzene rings is 1. The third-order valence-electron chi connectivity index (χ3n) is 4.20. The smallest absolute Gasteiger partial charge is 0.338 e. The Kier molecular flexibility index (Phi) is 5.88. The van der Waals surface area contributed by atoms with Gasteiger partial charge in [0.1, 0.15) is 12.4 Å². The Labute approximate surface area is 156 Å². The van der Waals surface area contributed by atoms with Crippen LogP contribution in [-0.2, 0) is 16.1 Å². The lowest BCUT2D eigenvalue weighted by Crippen LogP contribution is -2.37. The predicted molar refractivity (Wildman–Crippen MR) is 98.2 cm³/mol. The first-order chi connectivity index (χ1) is 12.5. The second kappa shape index (κ2) is 8.31. The van der Waals surface area contributed by atoms with Gasteiger partial charge < -0.3 is 14.8 Å². The summed E-state index contributed by atoms with van der Waals surface area (Å²) in [6.45, 7) is 4.04. The van der Waals surface area contributed by atoms with Crippen molar-refractivity contribution in [3.05, 3.63) is 45.9 Å². The van der Waals surface area contributed by atoms with Gasteiger partial charge in [0.25, 0.3) is 5.91 Å². The van der Waals surface area contributed by atoms with E-state index in [1.54, 1.807) is 35.6 Å². The average molecular weight is 374 g/mol. The van der Waals surface area contributed by atoms with Gasteiger partial charge in [-0.1, -0.05) is 0 Å². The lowest BCUT2D eigenvalue weighted by molar-refractivity contribution is -0.124. The standard InChI is InChI=1S/C19H22N2O4S/c1-12(14-3-4-14)20-18(22)10-25-19(23)15-5-7-17(8-6-15)24-9-16-11-26-13(2)21-16/h5-8,11-12,14H,3-4,9-10H2,1-2H3,(H,20,22)/t12-/m1/s1. The molecule has 0 radical (unpaired) electrons. The van der Waals surface area contributed by atoms with Crippen molar-refractivity contribution < 1.29 is 19.1 Å². The van der Waals surface area contributed by atoms with Crippen LogP contribution in [0.5, 0.6) is 5.75 Å². The van der Waals surface area contributed by atoms with E-state index in [9.17, 15) is 9.59 Å². The Hall–Kier alpha value is -2.41. The minimum atomic E-state index is -0.527. The zero-order valence-corrected chi connectivity index (χ0v) is 15.7. The first-order valence-corrected chi connectivity index (χ1v) is 9.49. The molecule has 0 bridgehead atoms. The van der Waals surface area contributed by atoms with Crippen molar-refractivity contribution in [1.82, 2.24) is 10.3 Å². The number of carbonyl (C=O) groups is 2. The molecule has 138 valence electrons. The molecule has 0 aliphatic heterocycles. The zero-order valence-electron chi connectivity index (χ0n) is 14.9. The molecule has 0 unspecified atom stereocenters. The molecule has 1 saturated carbocycles. The molecule has 1 aliphatic rings. The predicted octanol–water partition coefficient (Wildman–Crippen LogP) is 3.10. The number of nitrogens with zero attached hydrogens (tertiary/aromatic N) is 1. The van der Waals surface area contributed by atoms with Crippen molar-refractivity contribution >= 4 is 23.2 Å². The number of thiazole rings is 1. The van der Waals surface area contributed by atoms with Crippen LogP contribution in [0.15, 0.2) is 29.6 Å². The van der Waals surface area contributed by atoms with Gasteiger partial charge in [-0.25, -0.2) is 9.78 Å². The van der Waals surface area contributed by atoms with E-state index in [-0.39, 0.29) is 18.6 Å². The summed E-state index contributed by atoms with van der Waals surface area (Å²) in [5.74, 6) is 0.413. The van der Waals surface area contributed by atoms with Crippen molar-refractivity contribution in [3.8, 4) is 5.75 Å². The average Bonchev–Trinajstić information content (AvgIpc) is 3.41. The van der Waals surface area contributed by atoms with Crippen LogP contribution in [0.25, 0.3) is 0 Å². The molecular formula is C19H22N2O4S. The zero-order chi connectivity index (χ0) is 18.5. The maximum absolute atomic E-state index is 12.0. The summed E-state index contributed by atoms with van der Waals surface area (Å²) in [6, 6.07) is 6.78. The fraction of sp³-hybridized carbons (Fsp3) is 0.421. The highest BCUT2D eigenvalue weighted by Gasteiger charge is 2.29. The van der Waals surface area contributed by atoms with Crippen LogP contribution >= 0.6 is 11.3 Å². The summed E-state index contributed by atoms with van der Waals surface area (Å²) in [7, 11) is 0. The van der Waals surface area contributed by atoms with Crippen LogP contribution in [0, 0.1) is 12.8 Å². The van der Waals surface area contributed by atoms with Gasteiger partial charge in [0.2, 0.25) is 0 Å². The lowest BCUT2D eigenvalue weighted by Gasteiger charge is -2.12. The van der Waals surface area contributed by atoms with E-state index in [1.165, 1.54) is 0 Å². The summed E-state index contributed by atoms with van der Waals surface area (Å²) >= 11 is 1.58. The molecule has 1 N–H and O–H groups in total. The minimum absolute atomic E-state index is 0.138. The van der Waals surface area contributed by atoms with E-state index >= 15 is 0 Å². The van der Waals surface area contributed by atoms with Gasteiger partial charge in [-0.15, -0.1) is 11.3 Å². The second-order valence-corrected chi connectivity index (χ2v) is 7.50. The largest absolute Gasteiger partial charge is 0.487 e. The van der Waals surface area contributed by atoms with E-state index in [1.807, 2.05) is 19.2 Å². The number of esters is 1. The summed E-state index contributed by atoms with van der Waals surface area (Å²) in [5, 5.41) is 5.80. The molecule has 1 heterocycles. The third-order valence-corrected chi connectivity index (χ3v) is 5.02. The topological polar surface area (TPSA) is 77.5 Å². The number of ether oxygens (including phenoxy) is 2. The van der Waals surface area contributed by atoms with Crippen molar-refractivity contribution in [3.63, 3.8) is 0 Å². The van der Waals surface area contributed by atoms with Gasteiger partial charge >= 0.3 is 5.97 Å². The van der Waals surface area contributed by atoms with Crippen molar-refractivity contribution in [2.24, 2.45) is 5.92 Å². The fourth-order valence-electron chi connectivity index (χ4n) is 2.54. The monoisotopic (exact) mass is 374 g/mol. The Morgan fingerprint density at radius 3 is 2.65 bits per heavy atom. The van der Waals surface area contributed by atoms with E-state index in [0.29, 0.717) is 23.8 Å². The van der Waals surface area contributed by atoms with Crippen LogP contribution in [-0.4, -0.2) is 29.5 Å². The van der Waals surface area contributed by atoms with Crippen LogP contribution in [0.2, 0.25) is 0 Å². The molecule has 6 nitrogen and oxygen atoms in total. The molecule has 1 amide bonds. The Balaban J connectivity index is 1.43. The maximum atomic E-state index is 12.0. The van der Waals surface area contributed by atoms with E-state index < -0.39 is 5.97 Å². The quantitative estimate of drug-likeness (QED) is 0.719.